The first kappa shape index (κ1) is 21.1. The number of rotatable bonds is 8. The Morgan fingerprint density at radius 2 is 1.93 bits per heavy atom. The molecule has 0 aromatic heterocycles. The molecule has 28 heavy (non-hydrogen) atoms. The highest BCUT2D eigenvalue weighted by molar-refractivity contribution is 5.70. The van der Waals surface area contributed by atoms with Gasteiger partial charge < -0.3 is 19.1 Å². The number of likely N-dealkylation sites (tertiary alicyclic amines) is 1. The number of hydrogen-bond donors (Lipinski definition) is 0. The van der Waals surface area contributed by atoms with E-state index in [4.69, 9.17) is 14.2 Å². The van der Waals surface area contributed by atoms with Crippen LogP contribution < -0.4 is 9.47 Å². The molecule has 2 aliphatic heterocycles. The summed E-state index contributed by atoms with van der Waals surface area (Å²) in [6.45, 7) is 12.0. The molecular formula is C22H34N2O4. The van der Waals surface area contributed by atoms with Crippen LogP contribution in [0.3, 0.4) is 0 Å². The van der Waals surface area contributed by atoms with Crippen molar-refractivity contribution in [3.63, 3.8) is 0 Å². The van der Waals surface area contributed by atoms with Crippen molar-refractivity contribution in [2.45, 2.75) is 58.3 Å². The van der Waals surface area contributed by atoms with Crippen molar-refractivity contribution in [3.8, 4) is 11.5 Å². The molecule has 2 aliphatic rings. The van der Waals surface area contributed by atoms with E-state index in [0.29, 0.717) is 17.6 Å². The van der Waals surface area contributed by atoms with Crippen LogP contribution in [0.1, 0.15) is 45.6 Å². The normalized spacial score (nSPS) is 21.5. The zero-order valence-corrected chi connectivity index (χ0v) is 17.7. The minimum Gasteiger partial charge on any atom is -0.493 e. The third-order valence-electron chi connectivity index (χ3n) is 6.03. The number of nitrogens with zero attached hydrogens (tertiary/aromatic N) is 2. The molecule has 1 aromatic rings. The van der Waals surface area contributed by atoms with Gasteiger partial charge in [0.1, 0.15) is 0 Å². The third-order valence-corrected chi connectivity index (χ3v) is 6.03. The number of carbonyl (C=O) groups excluding carboxylic acids is 1. The van der Waals surface area contributed by atoms with Gasteiger partial charge in [-0.3, -0.25) is 9.69 Å². The Morgan fingerprint density at radius 1 is 1.25 bits per heavy atom. The summed E-state index contributed by atoms with van der Waals surface area (Å²) in [7, 11) is 1.60. The molecule has 0 N–H and O–H groups in total. The van der Waals surface area contributed by atoms with E-state index in [2.05, 4.69) is 23.6 Å². The van der Waals surface area contributed by atoms with Crippen molar-refractivity contribution >= 4 is 5.97 Å². The van der Waals surface area contributed by atoms with Crippen LogP contribution in [0.15, 0.2) is 18.2 Å². The Labute approximate surface area is 168 Å². The second kappa shape index (κ2) is 9.25. The first-order valence-electron chi connectivity index (χ1n) is 10.4. The molecule has 1 spiro atoms. The highest BCUT2D eigenvalue weighted by atomic mass is 16.6. The van der Waals surface area contributed by atoms with Crippen LogP contribution in [-0.2, 0) is 16.1 Å². The molecule has 0 saturated carbocycles. The number of carbonyl (C=O) groups is 1. The van der Waals surface area contributed by atoms with Gasteiger partial charge in [0.05, 0.1) is 18.8 Å². The van der Waals surface area contributed by atoms with Gasteiger partial charge in [0.2, 0.25) is 0 Å². The maximum absolute atomic E-state index is 11.2. The lowest BCUT2D eigenvalue weighted by atomic mass is 9.80. The van der Waals surface area contributed by atoms with Gasteiger partial charge in [-0.25, -0.2) is 0 Å². The predicted molar refractivity (Wildman–Crippen MR) is 109 cm³/mol. The highest BCUT2D eigenvalue weighted by Gasteiger charge is 2.47. The average Bonchev–Trinajstić information content (AvgIpc) is 2.66. The lowest BCUT2D eigenvalue weighted by Gasteiger charge is -2.53. The summed E-state index contributed by atoms with van der Waals surface area (Å²) >= 11 is 0. The van der Waals surface area contributed by atoms with Gasteiger partial charge in [0, 0.05) is 39.5 Å². The molecule has 0 radical (unpaired) electrons. The fourth-order valence-electron chi connectivity index (χ4n) is 4.38. The maximum Gasteiger partial charge on any atom is 0.308 e. The largest absolute Gasteiger partial charge is 0.493 e. The Morgan fingerprint density at radius 3 is 2.50 bits per heavy atom. The average molecular weight is 391 g/mol. The van der Waals surface area contributed by atoms with Crippen LogP contribution in [0.5, 0.6) is 11.5 Å². The van der Waals surface area contributed by atoms with Gasteiger partial charge in [-0.1, -0.05) is 19.9 Å². The standard InChI is InChI=1S/C22H34N2O4/c1-5-23(6-2)16-19-14-22(28-19)9-11-24(12-10-22)15-18-7-8-20(27-17(3)25)21(13-18)26-4/h7-8,13,19H,5-6,9-12,14-16H2,1-4H3/t19-/m1/s1. The van der Waals surface area contributed by atoms with Gasteiger partial charge in [-0.2, -0.15) is 0 Å². The minimum absolute atomic E-state index is 0.116. The Bertz CT molecular complexity index is 659. The molecule has 1 atom stereocenters. The molecule has 1 aromatic carbocycles. The smallest absolute Gasteiger partial charge is 0.308 e. The topological polar surface area (TPSA) is 51.2 Å². The lowest BCUT2D eigenvalue weighted by Crippen LogP contribution is -2.59. The number of ether oxygens (including phenoxy) is 3. The fraction of sp³-hybridized carbons (Fsp3) is 0.682. The zero-order valence-electron chi connectivity index (χ0n) is 17.7. The molecular weight excluding hydrogens is 356 g/mol. The second-order valence-corrected chi connectivity index (χ2v) is 7.97. The van der Waals surface area contributed by atoms with E-state index >= 15 is 0 Å². The van der Waals surface area contributed by atoms with Crippen LogP contribution in [-0.4, -0.2) is 67.3 Å². The summed E-state index contributed by atoms with van der Waals surface area (Å²) in [6.07, 6.45) is 3.81. The SMILES string of the molecule is CCN(CC)C[C@H]1CC2(CCN(Cc3ccc(OC(C)=O)c(OC)c3)CC2)O1. The molecule has 0 aliphatic carbocycles. The lowest BCUT2D eigenvalue weighted by molar-refractivity contribution is -0.229. The monoisotopic (exact) mass is 390 g/mol. The van der Waals surface area contributed by atoms with E-state index in [1.54, 1.807) is 7.11 Å². The molecule has 0 amide bonds. The van der Waals surface area contributed by atoms with Crippen LogP contribution >= 0.6 is 0 Å². The predicted octanol–water partition coefficient (Wildman–Crippen LogP) is 3.09. The van der Waals surface area contributed by atoms with Gasteiger partial charge in [0.15, 0.2) is 11.5 Å². The van der Waals surface area contributed by atoms with Crippen LogP contribution in [0.25, 0.3) is 0 Å². The van der Waals surface area contributed by atoms with E-state index in [9.17, 15) is 4.79 Å². The molecule has 2 heterocycles. The first-order chi connectivity index (χ1) is 13.5. The number of esters is 1. The van der Waals surface area contributed by atoms with Crippen molar-refractivity contribution < 1.29 is 19.0 Å². The van der Waals surface area contributed by atoms with Gasteiger partial charge in [0.25, 0.3) is 0 Å². The molecule has 156 valence electrons. The number of hydrogen-bond acceptors (Lipinski definition) is 6. The molecule has 3 rings (SSSR count). The Kier molecular flexibility index (Phi) is 6.96. The molecule has 0 unspecified atom stereocenters. The number of methoxy groups -OCH3 is 1. The van der Waals surface area contributed by atoms with E-state index in [0.717, 1.165) is 57.7 Å². The van der Waals surface area contributed by atoms with Gasteiger partial charge in [-0.15, -0.1) is 0 Å². The van der Waals surface area contributed by atoms with Crippen molar-refractivity contribution in [2.24, 2.45) is 0 Å². The summed E-state index contributed by atoms with van der Waals surface area (Å²) in [6, 6.07) is 5.78. The highest BCUT2D eigenvalue weighted by Crippen LogP contribution is 2.42. The van der Waals surface area contributed by atoms with Crippen molar-refractivity contribution in [2.75, 3.05) is 39.8 Å². The summed E-state index contributed by atoms with van der Waals surface area (Å²) in [5.41, 5.74) is 1.28. The molecule has 6 heteroatoms. The molecule has 2 saturated heterocycles. The van der Waals surface area contributed by atoms with Crippen LogP contribution in [0.4, 0.5) is 0 Å². The Hall–Kier alpha value is -1.63. The molecule has 2 fully saturated rings. The summed E-state index contributed by atoms with van der Waals surface area (Å²) in [4.78, 5) is 16.1. The van der Waals surface area contributed by atoms with Gasteiger partial charge in [-0.05, 0) is 43.6 Å². The van der Waals surface area contributed by atoms with Crippen molar-refractivity contribution in [1.29, 1.82) is 0 Å². The Balaban J connectivity index is 1.48. The maximum atomic E-state index is 11.2. The van der Waals surface area contributed by atoms with E-state index in [-0.39, 0.29) is 11.6 Å². The van der Waals surface area contributed by atoms with E-state index in [1.165, 1.54) is 13.3 Å². The third kappa shape index (κ3) is 5.04. The first-order valence-corrected chi connectivity index (χ1v) is 10.4. The minimum atomic E-state index is -0.341. The van der Waals surface area contributed by atoms with E-state index in [1.807, 2.05) is 18.2 Å². The number of likely N-dealkylation sites (N-methyl/N-ethyl adjacent to an activating group) is 1. The van der Waals surface area contributed by atoms with Crippen molar-refractivity contribution in [3.05, 3.63) is 23.8 Å². The van der Waals surface area contributed by atoms with Crippen molar-refractivity contribution in [1.82, 2.24) is 9.80 Å². The summed E-state index contributed by atoms with van der Waals surface area (Å²) < 4.78 is 16.9. The second-order valence-electron chi connectivity index (χ2n) is 7.97. The summed E-state index contributed by atoms with van der Waals surface area (Å²) in [5, 5.41) is 0. The quantitative estimate of drug-likeness (QED) is 0.502. The van der Waals surface area contributed by atoms with Crippen LogP contribution in [0, 0.1) is 0 Å². The van der Waals surface area contributed by atoms with Crippen LogP contribution in [0.2, 0.25) is 0 Å². The zero-order chi connectivity index (χ0) is 20.1. The fourth-order valence-corrected chi connectivity index (χ4v) is 4.38. The molecule has 6 nitrogen and oxygen atoms in total. The van der Waals surface area contributed by atoms with Gasteiger partial charge >= 0.3 is 5.97 Å². The van der Waals surface area contributed by atoms with E-state index < -0.39 is 0 Å². The number of benzene rings is 1. The molecule has 0 bridgehead atoms. The number of piperidine rings is 1. The summed E-state index contributed by atoms with van der Waals surface area (Å²) in [5.74, 6) is 0.730.